The van der Waals surface area contributed by atoms with E-state index in [4.69, 9.17) is 9.97 Å². The number of rotatable bonds is 5. The monoisotopic (exact) mass is 454 g/mol. The lowest BCUT2D eigenvalue weighted by molar-refractivity contribution is -0.129. The number of anilines is 2. The van der Waals surface area contributed by atoms with Crippen molar-refractivity contribution in [3.8, 4) is 5.88 Å². The Bertz CT molecular complexity index is 1150. The van der Waals surface area contributed by atoms with Crippen LogP contribution in [0.2, 0.25) is 0 Å². The van der Waals surface area contributed by atoms with Gasteiger partial charge in [-0.15, -0.1) is 0 Å². The Morgan fingerprint density at radius 1 is 1.21 bits per heavy atom. The number of H-pyrrole nitrogens is 1. The smallest absolute Gasteiger partial charge is 0.228 e. The maximum atomic E-state index is 11.7. The predicted molar refractivity (Wildman–Crippen MR) is 129 cm³/mol. The lowest BCUT2D eigenvalue weighted by Crippen LogP contribution is -2.48. The van der Waals surface area contributed by atoms with Gasteiger partial charge in [0.2, 0.25) is 17.7 Å². The summed E-state index contributed by atoms with van der Waals surface area (Å²) in [5.41, 5.74) is 2.44. The van der Waals surface area contributed by atoms with Gasteiger partial charge in [-0.3, -0.25) is 9.89 Å². The number of nitrogens with zero attached hydrogens (tertiary/aromatic N) is 6. The summed E-state index contributed by atoms with van der Waals surface area (Å²) < 4.78 is 1.80. The number of carbonyl (C=O) groups excluding carboxylic acids is 1. The van der Waals surface area contributed by atoms with Crippen LogP contribution < -0.4 is 10.2 Å². The van der Waals surface area contributed by atoms with Gasteiger partial charge >= 0.3 is 0 Å². The van der Waals surface area contributed by atoms with E-state index in [0.717, 1.165) is 16.8 Å². The molecule has 0 spiro atoms. The molecule has 178 valence electrons. The summed E-state index contributed by atoms with van der Waals surface area (Å²) in [7, 11) is 0. The van der Waals surface area contributed by atoms with Gasteiger partial charge in [0.25, 0.3) is 0 Å². The van der Waals surface area contributed by atoms with Gasteiger partial charge in [-0.05, 0) is 19.9 Å². The van der Waals surface area contributed by atoms with Crippen molar-refractivity contribution in [3.63, 3.8) is 0 Å². The average molecular weight is 455 g/mol. The van der Waals surface area contributed by atoms with Crippen LogP contribution in [-0.4, -0.2) is 66.8 Å². The molecule has 1 aliphatic rings. The summed E-state index contributed by atoms with van der Waals surface area (Å²) in [5.74, 6) is 1.41. The number of aromatic amines is 1. The third kappa shape index (κ3) is 4.60. The first-order chi connectivity index (χ1) is 15.5. The lowest BCUT2D eigenvalue weighted by Gasteiger charge is -2.34. The third-order valence-corrected chi connectivity index (χ3v) is 6.07. The second-order valence-electron chi connectivity index (χ2n) is 9.96. The van der Waals surface area contributed by atoms with E-state index < -0.39 is 0 Å². The topological polar surface area (TPSA) is 115 Å². The summed E-state index contributed by atoms with van der Waals surface area (Å²) in [6.07, 6.45) is 1.89. The van der Waals surface area contributed by atoms with E-state index in [1.807, 2.05) is 24.9 Å². The molecule has 0 saturated carbocycles. The second-order valence-corrected chi connectivity index (χ2v) is 9.96. The number of nitrogens with one attached hydrogen (secondary N) is 2. The number of carbonyl (C=O) groups is 1. The largest absolute Gasteiger partial charge is 0.493 e. The number of aromatic hydroxyl groups is 1. The van der Waals surface area contributed by atoms with Crippen molar-refractivity contribution in [2.24, 2.45) is 0 Å². The zero-order chi connectivity index (χ0) is 23.9. The summed E-state index contributed by atoms with van der Waals surface area (Å²) in [4.78, 5) is 25.1. The van der Waals surface area contributed by atoms with Crippen molar-refractivity contribution in [2.45, 2.75) is 59.5 Å². The van der Waals surface area contributed by atoms with Crippen molar-refractivity contribution in [1.29, 1.82) is 0 Å². The Morgan fingerprint density at radius 2 is 1.91 bits per heavy atom. The first kappa shape index (κ1) is 22.9. The minimum Gasteiger partial charge on any atom is -0.493 e. The number of piperazine rings is 1. The highest BCUT2D eigenvalue weighted by Gasteiger charge is 2.24. The highest BCUT2D eigenvalue weighted by Crippen LogP contribution is 2.34. The molecular formula is C23H34N8O2. The van der Waals surface area contributed by atoms with Crippen LogP contribution in [0.3, 0.4) is 0 Å². The number of hydrogen-bond acceptors (Lipinski definition) is 7. The molecule has 0 atom stereocenters. The van der Waals surface area contributed by atoms with Gasteiger partial charge in [0.15, 0.2) is 0 Å². The Balaban J connectivity index is 1.65. The molecule has 0 aromatic carbocycles. The van der Waals surface area contributed by atoms with Crippen molar-refractivity contribution < 1.29 is 9.90 Å². The molecule has 1 fully saturated rings. The van der Waals surface area contributed by atoms with E-state index >= 15 is 0 Å². The minimum atomic E-state index is -0.0353. The molecule has 33 heavy (non-hydrogen) atoms. The van der Waals surface area contributed by atoms with E-state index in [1.165, 1.54) is 0 Å². The van der Waals surface area contributed by atoms with Crippen LogP contribution >= 0.6 is 0 Å². The molecule has 0 unspecified atom stereocenters. The van der Waals surface area contributed by atoms with E-state index in [2.05, 4.69) is 47.3 Å². The van der Waals surface area contributed by atoms with E-state index in [1.54, 1.807) is 11.5 Å². The number of hydrogen-bond donors (Lipinski definition) is 3. The fraction of sp³-hybridized carbons (Fsp3) is 0.565. The fourth-order valence-corrected chi connectivity index (χ4v) is 3.98. The van der Waals surface area contributed by atoms with Crippen molar-refractivity contribution in [1.82, 2.24) is 29.6 Å². The van der Waals surface area contributed by atoms with Gasteiger partial charge in [0, 0.05) is 50.8 Å². The van der Waals surface area contributed by atoms with Crippen molar-refractivity contribution in [2.75, 3.05) is 36.4 Å². The highest BCUT2D eigenvalue weighted by atomic mass is 16.3. The molecule has 0 radical (unpaired) electrons. The van der Waals surface area contributed by atoms with Gasteiger partial charge in [-0.2, -0.15) is 10.1 Å². The summed E-state index contributed by atoms with van der Waals surface area (Å²) >= 11 is 0. The Labute approximate surface area is 194 Å². The molecule has 3 aromatic rings. The van der Waals surface area contributed by atoms with Gasteiger partial charge < -0.3 is 24.8 Å². The zero-order valence-electron chi connectivity index (χ0n) is 20.3. The van der Waals surface area contributed by atoms with Crippen molar-refractivity contribution in [3.05, 3.63) is 23.7 Å². The third-order valence-electron chi connectivity index (χ3n) is 6.07. The van der Waals surface area contributed by atoms with Crippen LogP contribution in [-0.2, 0) is 16.8 Å². The standard InChI is InChI=1S/C23H34N8O2/c1-14(2)31-13-17-19(21(31)33)25-22(30-9-7-29(8-10-30)15(3)32)26-20(17)24-12-16-11-18(28-27-16)23(4,5)6/h11,13-14,33H,7-10,12H2,1-6H3,(H,27,28)(H,24,25,26). The Morgan fingerprint density at radius 3 is 2.48 bits per heavy atom. The van der Waals surface area contributed by atoms with Crippen LogP contribution in [0, 0.1) is 0 Å². The Hall–Kier alpha value is -3.30. The molecule has 0 bridgehead atoms. The summed E-state index contributed by atoms with van der Waals surface area (Å²) in [5, 5.41) is 22.6. The summed E-state index contributed by atoms with van der Waals surface area (Å²) in [6, 6.07) is 2.14. The van der Waals surface area contributed by atoms with Crippen molar-refractivity contribution >= 4 is 28.6 Å². The van der Waals surface area contributed by atoms with Gasteiger partial charge in [0.05, 0.1) is 23.3 Å². The van der Waals surface area contributed by atoms with Crippen LogP contribution in [0.15, 0.2) is 12.3 Å². The normalized spacial score (nSPS) is 15.0. The molecule has 1 amide bonds. The number of amides is 1. The SMILES string of the molecule is CC(=O)N1CCN(c2nc(NCc3cc(C(C)(C)C)n[nH]3)c3cn(C(C)C)c(O)c3n2)CC1. The second kappa shape index (κ2) is 8.57. The molecule has 1 saturated heterocycles. The molecule has 10 heteroatoms. The minimum absolute atomic E-state index is 0.0353. The van der Waals surface area contributed by atoms with Crippen LogP contribution in [0.5, 0.6) is 5.88 Å². The molecule has 0 aliphatic carbocycles. The molecule has 3 aromatic heterocycles. The molecule has 10 nitrogen and oxygen atoms in total. The quantitative estimate of drug-likeness (QED) is 0.543. The maximum Gasteiger partial charge on any atom is 0.228 e. The molecule has 4 rings (SSSR count). The number of fused-ring (bicyclic) bond motifs is 1. The molecule has 1 aliphatic heterocycles. The van der Waals surface area contributed by atoms with E-state index in [-0.39, 0.29) is 23.2 Å². The molecule has 4 heterocycles. The highest BCUT2D eigenvalue weighted by molar-refractivity contribution is 5.94. The van der Waals surface area contributed by atoms with Gasteiger partial charge in [-0.1, -0.05) is 20.8 Å². The van der Waals surface area contributed by atoms with Gasteiger partial charge in [0.1, 0.15) is 11.3 Å². The zero-order valence-corrected chi connectivity index (χ0v) is 20.3. The first-order valence-electron chi connectivity index (χ1n) is 11.4. The van der Waals surface area contributed by atoms with Crippen LogP contribution in [0.4, 0.5) is 11.8 Å². The van der Waals surface area contributed by atoms with Crippen LogP contribution in [0.25, 0.3) is 10.9 Å². The van der Waals surface area contributed by atoms with Gasteiger partial charge in [-0.25, -0.2) is 4.98 Å². The predicted octanol–water partition coefficient (Wildman–Crippen LogP) is 3.02. The fourth-order valence-electron chi connectivity index (χ4n) is 3.98. The summed E-state index contributed by atoms with van der Waals surface area (Å²) in [6.45, 7) is 15.1. The van der Waals surface area contributed by atoms with E-state index in [0.29, 0.717) is 50.0 Å². The van der Waals surface area contributed by atoms with Crippen LogP contribution in [0.1, 0.15) is 59.0 Å². The first-order valence-corrected chi connectivity index (χ1v) is 11.4. The molecular weight excluding hydrogens is 420 g/mol. The Kier molecular flexibility index (Phi) is 5.94. The van der Waals surface area contributed by atoms with E-state index in [9.17, 15) is 9.90 Å². The lowest BCUT2D eigenvalue weighted by atomic mass is 9.92. The average Bonchev–Trinajstić information content (AvgIpc) is 3.37. The maximum absolute atomic E-state index is 11.7. The number of aromatic nitrogens is 5. The molecule has 3 N–H and O–H groups in total.